The van der Waals surface area contributed by atoms with Gasteiger partial charge in [-0.05, 0) is 12.1 Å². The minimum Gasteiger partial charge on any atom is -0.496 e. The Balaban J connectivity index is 2.44. The summed E-state index contributed by atoms with van der Waals surface area (Å²) >= 11 is 1.36. The number of carboxylic acids is 1. The molecular weight excluding hydrogens is 278 g/mol. The average molecular weight is 293 g/mol. The molecule has 1 N–H and O–H groups in total. The number of rotatable bonds is 6. The van der Waals surface area contributed by atoms with Crippen molar-refractivity contribution < 1.29 is 19.4 Å². The summed E-state index contributed by atoms with van der Waals surface area (Å²) in [4.78, 5) is 16.1. The second-order valence-electron chi connectivity index (χ2n) is 4.09. The third-order valence-corrected chi connectivity index (χ3v) is 3.84. The fourth-order valence-electron chi connectivity index (χ4n) is 1.84. The minimum absolute atomic E-state index is 0.0501. The third-order valence-electron chi connectivity index (χ3n) is 2.71. The molecule has 0 bridgehead atoms. The van der Waals surface area contributed by atoms with Crippen LogP contribution in [0.3, 0.4) is 0 Å². The molecule has 20 heavy (non-hydrogen) atoms. The van der Waals surface area contributed by atoms with Gasteiger partial charge in [-0.25, -0.2) is 4.98 Å². The SMILES string of the molecule is COCc1nc(-c2ccccc2OC)sc1CC(=O)O. The molecular formula is C14H15NO4S. The number of methoxy groups -OCH3 is 2. The molecule has 0 aliphatic heterocycles. The van der Waals surface area contributed by atoms with Crippen LogP contribution in [0.25, 0.3) is 10.6 Å². The van der Waals surface area contributed by atoms with E-state index in [-0.39, 0.29) is 6.42 Å². The number of carboxylic acid groups (broad SMARTS) is 1. The Morgan fingerprint density at radius 2 is 2.10 bits per heavy atom. The Morgan fingerprint density at radius 3 is 2.75 bits per heavy atom. The van der Waals surface area contributed by atoms with Crippen molar-refractivity contribution in [3.8, 4) is 16.3 Å². The highest BCUT2D eigenvalue weighted by Crippen LogP contribution is 2.34. The number of benzene rings is 1. The van der Waals surface area contributed by atoms with E-state index in [9.17, 15) is 4.79 Å². The largest absolute Gasteiger partial charge is 0.496 e. The first-order chi connectivity index (χ1) is 9.65. The second kappa shape index (κ2) is 6.49. The average Bonchev–Trinajstić information content (AvgIpc) is 2.81. The van der Waals surface area contributed by atoms with Crippen LogP contribution in [0, 0.1) is 0 Å². The predicted octanol–water partition coefficient (Wildman–Crippen LogP) is 2.59. The first-order valence-electron chi connectivity index (χ1n) is 5.98. The highest BCUT2D eigenvalue weighted by Gasteiger charge is 2.17. The zero-order valence-electron chi connectivity index (χ0n) is 11.3. The van der Waals surface area contributed by atoms with Crippen LogP contribution in [0.15, 0.2) is 24.3 Å². The molecule has 0 amide bonds. The van der Waals surface area contributed by atoms with E-state index in [0.29, 0.717) is 22.9 Å². The fourth-order valence-corrected chi connectivity index (χ4v) is 2.93. The van der Waals surface area contributed by atoms with Gasteiger partial charge >= 0.3 is 5.97 Å². The van der Waals surface area contributed by atoms with Gasteiger partial charge in [0.1, 0.15) is 10.8 Å². The molecule has 0 saturated carbocycles. The Morgan fingerprint density at radius 1 is 1.35 bits per heavy atom. The van der Waals surface area contributed by atoms with Crippen molar-refractivity contribution in [1.82, 2.24) is 4.98 Å². The number of aromatic nitrogens is 1. The Labute approximate surface area is 120 Å². The van der Waals surface area contributed by atoms with Gasteiger partial charge in [0.15, 0.2) is 0 Å². The van der Waals surface area contributed by atoms with Gasteiger partial charge < -0.3 is 14.6 Å². The van der Waals surface area contributed by atoms with Crippen molar-refractivity contribution in [2.24, 2.45) is 0 Å². The van der Waals surface area contributed by atoms with Crippen molar-refractivity contribution >= 4 is 17.3 Å². The molecule has 6 heteroatoms. The van der Waals surface area contributed by atoms with Crippen molar-refractivity contribution in [2.45, 2.75) is 13.0 Å². The summed E-state index contributed by atoms with van der Waals surface area (Å²) in [6.07, 6.45) is -0.0501. The maximum absolute atomic E-state index is 10.9. The van der Waals surface area contributed by atoms with E-state index >= 15 is 0 Å². The lowest BCUT2D eigenvalue weighted by molar-refractivity contribution is -0.136. The molecule has 1 aromatic carbocycles. The van der Waals surface area contributed by atoms with E-state index in [1.165, 1.54) is 11.3 Å². The number of aliphatic carboxylic acids is 1. The number of para-hydroxylation sites is 1. The third kappa shape index (κ3) is 3.15. The van der Waals surface area contributed by atoms with E-state index in [1.54, 1.807) is 14.2 Å². The van der Waals surface area contributed by atoms with Crippen LogP contribution in [0.2, 0.25) is 0 Å². The predicted molar refractivity (Wildman–Crippen MR) is 76.2 cm³/mol. The van der Waals surface area contributed by atoms with Gasteiger partial charge in [-0.1, -0.05) is 12.1 Å². The molecule has 5 nitrogen and oxygen atoms in total. The number of nitrogens with zero attached hydrogens (tertiary/aromatic N) is 1. The van der Waals surface area contributed by atoms with E-state index in [1.807, 2.05) is 24.3 Å². The molecule has 0 atom stereocenters. The van der Waals surface area contributed by atoms with Crippen molar-refractivity contribution in [3.05, 3.63) is 34.8 Å². The summed E-state index contributed by atoms with van der Waals surface area (Å²) < 4.78 is 10.4. The van der Waals surface area contributed by atoms with Crippen molar-refractivity contribution in [1.29, 1.82) is 0 Å². The molecule has 0 unspecified atom stereocenters. The minimum atomic E-state index is -0.877. The van der Waals surface area contributed by atoms with Gasteiger partial charge in [-0.2, -0.15) is 0 Å². The van der Waals surface area contributed by atoms with E-state index < -0.39 is 5.97 Å². The van der Waals surface area contributed by atoms with Crippen LogP contribution >= 0.6 is 11.3 Å². The van der Waals surface area contributed by atoms with Crippen LogP contribution < -0.4 is 4.74 Å². The smallest absolute Gasteiger partial charge is 0.308 e. The van der Waals surface area contributed by atoms with Crippen LogP contribution in [-0.2, 0) is 22.6 Å². The van der Waals surface area contributed by atoms with E-state index in [2.05, 4.69) is 4.98 Å². The first kappa shape index (κ1) is 14.5. The molecule has 2 rings (SSSR count). The van der Waals surface area contributed by atoms with E-state index in [0.717, 1.165) is 10.6 Å². The molecule has 1 aromatic heterocycles. The lowest BCUT2D eigenvalue weighted by atomic mass is 10.2. The topological polar surface area (TPSA) is 68.7 Å². The number of hydrogen-bond acceptors (Lipinski definition) is 5. The maximum Gasteiger partial charge on any atom is 0.308 e. The van der Waals surface area contributed by atoms with Crippen molar-refractivity contribution in [2.75, 3.05) is 14.2 Å². The second-order valence-corrected chi connectivity index (χ2v) is 5.18. The molecule has 0 spiro atoms. The summed E-state index contributed by atoms with van der Waals surface area (Å²) in [5.41, 5.74) is 1.52. The summed E-state index contributed by atoms with van der Waals surface area (Å²) in [7, 11) is 3.16. The quantitative estimate of drug-likeness (QED) is 0.886. The summed E-state index contributed by atoms with van der Waals surface area (Å²) in [5, 5.41) is 9.69. The lowest BCUT2D eigenvalue weighted by Crippen LogP contribution is -2.01. The summed E-state index contributed by atoms with van der Waals surface area (Å²) in [6, 6.07) is 7.53. The fraction of sp³-hybridized carbons (Fsp3) is 0.286. The number of carbonyl (C=O) groups is 1. The van der Waals surface area contributed by atoms with Gasteiger partial charge in [0, 0.05) is 12.0 Å². The molecule has 0 radical (unpaired) electrons. The highest BCUT2D eigenvalue weighted by atomic mass is 32.1. The molecule has 0 aliphatic rings. The normalized spacial score (nSPS) is 10.5. The highest BCUT2D eigenvalue weighted by molar-refractivity contribution is 7.15. The zero-order chi connectivity index (χ0) is 14.5. The molecule has 0 aliphatic carbocycles. The molecule has 2 aromatic rings. The maximum atomic E-state index is 10.9. The molecule has 1 heterocycles. The van der Waals surface area contributed by atoms with E-state index in [4.69, 9.17) is 14.6 Å². The van der Waals surface area contributed by atoms with Gasteiger partial charge in [-0.15, -0.1) is 11.3 Å². The lowest BCUT2D eigenvalue weighted by Gasteiger charge is -2.04. The standard InChI is InChI=1S/C14H15NO4S/c1-18-8-10-12(7-13(16)17)20-14(15-10)9-5-3-4-6-11(9)19-2/h3-6H,7-8H2,1-2H3,(H,16,17). The number of ether oxygens (including phenoxy) is 2. The number of thiazole rings is 1. The summed E-state index contributed by atoms with van der Waals surface area (Å²) in [6.45, 7) is 0.300. The number of hydrogen-bond donors (Lipinski definition) is 1. The van der Waals surface area contributed by atoms with Crippen LogP contribution in [0.5, 0.6) is 5.75 Å². The van der Waals surface area contributed by atoms with Crippen LogP contribution in [0.4, 0.5) is 0 Å². The van der Waals surface area contributed by atoms with Crippen molar-refractivity contribution in [3.63, 3.8) is 0 Å². The zero-order valence-corrected chi connectivity index (χ0v) is 12.1. The monoisotopic (exact) mass is 293 g/mol. The molecule has 0 fully saturated rings. The Kier molecular flexibility index (Phi) is 4.70. The van der Waals surface area contributed by atoms with Crippen LogP contribution in [0.1, 0.15) is 10.6 Å². The molecule has 106 valence electrons. The van der Waals surface area contributed by atoms with Gasteiger partial charge in [-0.3, -0.25) is 4.79 Å². The van der Waals surface area contributed by atoms with Gasteiger partial charge in [0.25, 0.3) is 0 Å². The Hall–Kier alpha value is -1.92. The van der Waals surface area contributed by atoms with Gasteiger partial charge in [0.2, 0.25) is 0 Å². The Bertz CT molecular complexity index is 609. The van der Waals surface area contributed by atoms with Gasteiger partial charge in [0.05, 0.1) is 31.4 Å². The molecule has 0 saturated heterocycles. The summed E-state index contributed by atoms with van der Waals surface area (Å²) in [5.74, 6) is -0.162. The first-order valence-corrected chi connectivity index (χ1v) is 6.80. The van der Waals surface area contributed by atoms with Crippen LogP contribution in [-0.4, -0.2) is 30.3 Å².